The molecule has 0 bridgehead atoms. The number of benzene rings is 3. The predicted molar refractivity (Wildman–Crippen MR) is 121 cm³/mol. The first kappa shape index (κ1) is 19.9. The third kappa shape index (κ3) is 4.78. The molecule has 30 heavy (non-hydrogen) atoms. The van der Waals surface area contributed by atoms with E-state index >= 15 is 0 Å². The highest BCUT2D eigenvalue weighted by Gasteiger charge is 2.20. The van der Waals surface area contributed by atoms with Gasteiger partial charge < -0.3 is 4.74 Å². The van der Waals surface area contributed by atoms with Gasteiger partial charge in [0.05, 0.1) is 12.2 Å². The average molecular weight is 398 g/mol. The van der Waals surface area contributed by atoms with Crippen LogP contribution >= 0.6 is 0 Å². The molecule has 1 aromatic heterocycles. The normalized spacial score (nSPS) is 13.0. The first-order valence-corrected chi connectivity index (χ1v) is 10.4. The molecule has 0 fully saturated rings. The van der Waals surface area contributed by atoms with Crippen LogP contribution in [0.5, 0.6) is 11.5 Å². The van der Waals surface area contributed by atoms with Crippen molar-refractivity contribution in [1.82, 2.24) is 15.1 Å². The van der Waals surface area contributed by atoms with Gasteiger partial charge in [-0.05, 0) is 41.8 Å². The van der Waals surface area contributed by atoms with E-state index in [1.807, 2.05) is 66.5 Å². The predicted octanol–water partition coefficient (Wildman–Crippen LogP) is 6.04. The molecule has 0 aliphatic heterocycles. The fraction of sp³-hybridized carbons (Fsp3) is 0.192. The Bertz CT molecular complexity index is 1040. The van der Waals surface area contributed by atoms with Gasteiger partial charge in [0.25, 0.3) is 0 Å². The van der Waals surface area contributed by atoms with Crippen LogP contribution in [0.15, 0.2) is 97.3 Å². The van der Waals surface area contributed by atoms with Crippen molar-refractivity contribution >= 4 is 0 Å². The summed E-state index contributed by atoms with van der Waals surface area (Å²) in [5, 5.41) is 8.22. The Labute approximate surface area is 178 Å². The number of ether oxygens (including phenoxy) is 1. The number of aromatic nitrogens is 2. The van der Waals surface area contributed by atoms with Crippen LogP contribution in [-0.2, 0) is 7.05 Å². The Morgan fingerprint density at radius 2 is 1.43 bits per heavy atom. The molecular formula is C26H27N3O. The van der Waals surface area contributed by atoms with Gasteiger partial charge in [0.2, 0.25) is 0 Å². The highest BCUT2D eigenvalue weighted by atomic mass is 16.5. The Kier molecular flexibility index (Phi) is 6.26. The van der Waals surface area contributed by atoms with Crippen molar-refractivity contribution in [3.8, 4) is 11.5 Å². The maximum atomic E-state index is 5.94. The quantitative estimate of drug-likeness (QED) is 0.394. The molecule has 0 amide bonds. The number of hydrogen-bond donors (Lipinski definition) is 1. The van der Waals surface area contributed by atoms with Gasteiger partial charge in [-0.25, -0.2) is 0 Å². The van der Waals surface area contributed by atoms with Crippen LogP contribution in [-0.4, -0.2) is 9.78 Å². The van der Waals surface area contributed by atoms with E-state index < -0.39 is 0 Å². The first-order valence-electron chi connectivity index (χ1n) is 10.4. The van der Waals surface area contributed by atoms with E-state index in [9.17, 15) is 0 Å². The minimum atomic E-state index is 0.0742. The maximum absolute atomic E-state index is 5.94. The molecule has 4 heteroatoms. The van der Waals surface area contributed by atoms with Gasteiger partial charge in [0, 0.05) is 24.8 Å². The largest absolute Gasteiger partial charge is 0.457 e. The second-order valence-corrected chi connectivity index (χ2v) is 7.40. The molecule has 4 nitrogen and oxygen atoms in total. The van der Waals surface area contributed by atoms with E-state index in [-0.39, 0.29) is 12.1 Å². The highest BCUT2D eigenvalue weighted by Crippen LogP contribution is 2.29. The van der Waals surface area contributed by atoms with Crippen LogP contribution in [0.1, 0.15) is 42.1 Å². The average Bonchev–Trinajstić information content (AvgIpc) is 3.22. The van der Waals surface area contributed by atoms with E-state index in [0.29, 0.717) is 0 Å². The lowest BCUT2D eigenvalue weighted by atomic mass is 9.97. The fourth-order valence-corrected chi connectivity index (χ4v) is 3.66. The molecular weight excluding hydrogens is 370 g/mol. The monoisotopic (exact) mass is 397 g/mol. The van der Waals surface area contributed by atoms with Gasteiger partial charge in [0.1, 0.15) is 11.5 Å². The first-order chi connectivity index (χ1) is 14.7. The molecule has 0 saturated heterocycles. The molecule has 2 atom stereocenters. The van der Waals surface area contributed by atoms with Crippen LogP contribution in [0.4, 0.5) is 0 Å². The topological polar surface area (TPSA) is 39.1 Å². The highest BCUT2D eigenvalue weighted by molar-refractivity contribution is 5.35. The number of rotatable bonds is 8. The zero-order valence-corrected chi connectivity index (χ0v) is 17.4. The summed E-state index contributed by atoms with van der Waals surface area (Å²) in [6.45, 7) is 2.21. The maximum Gasteiger partial charge on any atom is 0.127 e. The van der Waals surface area contributed by atoms with Crippen molar-refractivity contribution < 1.29 is 4.74 Å². The van der Waals surface area contributed by atoms with Gasteiger partial charge in [0.15, 0.2) is 0 Å². The smallest absolute Gasteiger partial charge is 0.127 e. The number of para-hydroxylation sites is 1. The summed E-state index contributed by atoms with van der Waals surface area (Å²) >= 11 is 0. The zero-order valence-electron chi connectivity index (χ0n) is 17.4. The zero-order chi connectivity index (χ0) is 20.8. The Morgan fingerprint density at radius 1 is 0.800 bits per heavy atom. The minimum absolute atomic E-state index is 0.0742. The Morgan fingerprint density at radius 3 is 2.03 bits per heavy atom. The molecule has 0 aliphatic carbocycles. The molecule has 0 saturated carbocycles. The van der Waals surface area contributed by atoms with Gasteiger partial charge in [-0.3, -0.25) is 10.00 Å². The summed E-state index contributed by atoms with van der Waals surface area (Å²) in [5.74, 6) is 1.68. The summed E-state index contributed by atoms with van der Waals surface area (Å²) in [7, 11) is 1.95. The van der Waals surface area contributed by atoms with Crippen LogP contribution in [0.3, 0.4) is 0 Å². The Hall–Kier alpha value is -3.37. The van der Waals surface area contributed by atoms with E-state index in [0.717, 1.165) is 23.5 Å². The second kappa shape index (κ2) is 9.42. The lowest BCUT2D eigenvalue weighted by Gasteiger charge is -2.25. The third-order valence-electron chi connectivity index (χ3n) is 5.23. The molecule has 2 unspecified atom stereocenters. The van der Waals surface area contributed by atoms with Crippen molar-refractivity contribution in [2.45, 2.75) is 25.4 Å². The van der Waals surface area contributed by atoms with Crippen molar-refractivity contribution in [2.24, 2.45) is 7.05 Å². The molecule has 3 aromatic carbocycles. The van der Waals surface area contributed by atoms with E-state index in [1.165, 1.54) is 11.1 Å². The van der Waals surface area contributed by atoms with Crippen molar-refractivity contribution in [1.29, 1.82) is 0 Å². The van der Waals surface area contributed by atoms with Crippen molar-refractivity contribution in [3.63, 3.8) is 0 Å². The molecule has 4 aromatic rings. The fourth-order valence-electron chi connectivity index (χ4n) is 3.66. The Balaban J connectivity index is 1.54. The molecule has 1 heterocycles. The van der Waals surface area contributed by atoms with Crippen molar-refractivity contribution in [3.05, 3.63) is 114 Å². The summed E-state index contributed by atoms with van der Waals surface area (Å²) < 4.78 is 7.79. The SMILES string of the molecule is CCC(NC(c1ccccc1)c1cnn(C)c1)c1ccc(Oc2ccccc2)cc1. The molecule has 4 rings (SSSR count). The summed E-state index contributed by atoms with van der Waals surface area (Å²) in [6, 6.07) is 29.0. The molecule has 0 radical (unpaired) electrons. The van der Waals surface area contributed by atoms with E-state index in [1.54, 1.807) is 0 Å². The van der Waals surface area contributed by atoms with Gasteiger partial charge in [-0.15, -0.1) is 0 Å². The van der Waals surface area contributed by atoms with Gasteiger partial charge >= 0.3 is 0 Å². The van der Waals surface area contributed by atoms with Crippen molar-refractivity contribution in [2.75, 3.05) is 0 Å². The van der Waals surface area contributed by atoms with Crippen LogP contribution in [0, 0.1) is 0 Å². The van der Waals surface area contributed by atoms with Crippen LogP contribution < -0.4 is 10.1 Å². The molecule has 1 N–H and O–H groups in total. The molecule has 0 spiro atoms. The van der Waals surface area contributed by atoms with E-state index in [2.05, 4.69) is 59.9 Å². The summed E-state index contributed by atoms with van der Waals surface area (Å²) in [6.07, 6.45) is 4.99. The third-order valence-corrected chi connectivity index (χ3v) is 5.23. The van der Waals surface area contributed by atoms with Crippen LogP contribution in [0.25, 0.3) is 0 Å². The number of nitrogens with zero attached hydrogens (tertiary/aromatic N) is 2. The number of nitrogens with one attached hydrogen (secondary N) is 1. The second-order valence-electron chi connectivity index (χ2n) is 7.40. The minimum Gasteiger partial charge on any atom is -0.457 e. The standard InChI is InChI=1S/C26H27N3O/c1-3-25(20-14-16-24(17-15-20)30-23-12-8-5-9-13-23)28-26(21-10-6-4-7-11-21)22-18-27-29(2)19-22/h4-19,25-26,28H,3H2,1-2H3. The van der Waals surface area contributed by atoms with Gasteiger partial charge in [-0.1, -0.05) is 67.6 Å². The molecule has 0 aliphatic rings. The lowest BCUT2D eigenvalue weighted by molar-refractivity contribution is 0.468. The van der Waals surface area contributed by atoms with E-state index in [4.69, 9.17) is 4.74 Å². The number of aryl methyl sites for hydroxylation is 1. The number of hydrogen-bond acceptors (Lipinski definition) is 3. The molecule has 152 valence electrons. The van der Waals surface area contributed by atoms with Crippen LogP contribution in [0.2, 0.25) is 0 Å². The van der Waals surface area contributed by atoms with Gasteiger partial charge in [-0.2, -0.15) is 5.10 Å². The summed E-state index contributed by atoms with van der Waals surface area (Å²) in [4.78, 5) is 0. The lowest BCUT2D eigenvalue weighted by Crippen LogP contribution is -2.27. The summed E-state index contributed by atoms with van der Waals surface area (Å²) in [5.41, 5.74) is 3.63.